The predicted octanol–water partition coefficient (Wildman–Crippen LogP) is 0.573. The Kier molecular flexibility index (Phi) is 4.20. The van der Waals surface area contributed by atoms with Crippen LogP contribution < -0.4 is 16.0 Å². The van der Waals surface area contributed by atoms with Gasteiger partial charge in [0, 0.05) is 18.8 Å². The second kappa shape index (κ2) is 6.26. The zero-order valence-corrected chi connectivity index (χ0v) is 11.8. The van der Waals surface area contributed by atoms with Crippen molar-refractivity contribution < 1.29 is 4.79 Å². The van der Waals surface area contributed by atoms with Crippen LogP contribution in [-0.4, -0.2) is 41.4 Å². The first kappa shape index (κ1) is 13.4. The number of piperidine rings is 1. The number of anilines is 1. The van der Waals surface area contributed by atoms with Crippen LogP contribution in [0.2, 0.25) is 0 Å². The average Bonchev–Trinajstić information content (AvgIpc) is 3.15. The summed E-state index contributed by atoms with van der Waals surface area (Å²) < 4.78 is 1.69. The van der Waals surface area contributed by atoms with Gasteiger partial charge < -0.3 is 16.0 Å². The van der Waals surface area contributed by atoms with Crippen molar-refractivity contribution in [2.24, 2.45) is 5.92 Å². The van der Waals surface area contributed by atoms with Gasteiger partial charge in [-0.05, 0) is 44.7 Å². The fraction of sp³-hybridized carbons (Fsp3) is 0.714. The third-order valence-corrected chi connectivity index (χ3v) is 3.88. The Balaban J connectivity index is 1.42. The van der Waals surface area contributed by atoms with Gasteiger partial charge in [0.05, 0.1) is 11.9 Å². The third-order valence-electron chi connectivity index (χ3n) is 3.88. The molecule has 1 saturated heterocycles. The SMILES string of the molecule is O=C(Cn1cc(NCC2CCCNC2)cn1)NC1CC1. The van der Waals surface area contributed by atoms with Crippen molar-refractivity contribution in [2.45, 2.75) is 38.3 Å². The van der Waals surface area contributed by atoms with Crippen LogP contribution in [0.5, 0.6) is 0 Å². The number of aromatic nitrogens is 2. The molecule has 0 radical (unpaired) electrons. The lowest BCUT2D eigenvalue weighted by atomic mass is 10.00. The molecule has 2 heterocycles. The highest BCUT2D eigenvalue weighted by Crippen LogP contribution is 2.18. The lowest BCUT2D eigenvalue weighted by Crippen LogP contribution is -2.33. The van der Waals surface area contributed by atoms with Gasteiger partial charge in [-0.2, -0.15) is 5.10 Å². The molecule has 6 heteroatoms. The summed E-state index contributed by atoms with van der Waals surface area (Å²) in [5.74, 6) is 0.740. The van der Waals surface area contributed by atoms with E-state index in [4.69, 9.17) is 0 Å². The molecule has 1 aliphatic carbocycles. The number of hydrogen-bond acceptors (Lipinski definition) is 4. The molecular formula is C14H23N5O. The number of nitrogens with zero attached hydrogens (tertiary/aromatic N) is 2. The normalized spacial score (nSPS) is 22.5. The maximum atomic E-state index is 11.7. The number of carbonyl (C=O) groups excluding carboxylic acids is 1. The summed E-state index contributed by atoms with van der Waals surface area (Å²) in [4.78, 5) is 11.7. The molecule has 20 heavy (non-hydrogen) atoms. The second-order valence-corrected chi connectivity index (χ2v) is 5.86. The van der Waals surface area contributed by atoms with Crippen molar-refractivity contribution in [3.63, 3.8) is 0 Å². The maximum absolute atomic E-state index is 11.7. The van der Waals surface area contributed by atoms with Crippen LogP contribution in [0, 0.1) is 5.92 Å². The van der Waals surface area contributed by atoms with Crippen molar-refractivity contribution in [1.29, 1.82) is 0 Å². The van der Waals surface area contributed by atoms with Crippen molar-refractivity contribution in [2.75, 3.05) is 25.0 Å². The molecule has 3 N–H and O–H groups in total. The molecule has 0 spiro atoms. The van der Waals surface area contributed by atoms with Crippen molar-refractivity contribution >= 4 is 11.6 Å². The van der Waals surface area contributed by atoms with E-state index in [1.54, 1.807) is 10.9 Å². The molecule has 1 unspecified atom stereocenters. The molecule has 0 aromatic carbocycles. The fourth-order valence-electron chi connectivity index (χ4n) is 2.55. The molecule has 1 aliphatic heterocycles. The first-order chi connectivity index (χ1) is 9.79. The van der Waals surface area contributed by atoms with E-state index in [2.05, 4.69) is 21.0 Å². The molecule has 1 atom stereocenters. The van der Waals surface area contributed by atoms with E-state index in [1.165, 1.54) is 12.8 Å². The molecule has 1 amide bonds. The van der Waals surface area contributed by atoms with Crippen LogP contribution in [0.4, 0.5) is 5.69 Å². The minimum absolute atomic E-state index is 0.0543. The van der Waals surface area contributed by atoms with Crippen LogP contribution in [0.25, 0.3) is 0 Å². The van der Waals surface area contributed by atoms with Crippen molar-refractivity contribution in [3.05, 3.63) is 12.4 Å². The molecule has 1 saturated carbocycles. The number of hydrogen-bond donors (Lipinski definition) is 3. The van der Waals surface area contributed by atoms with Crippen LogP contribution in [0.3, 0.4) is 0 Å². The second-order valence-electron chi connectivity index (χ2n) is 5.86. The van der Waals surface area contributed by atoms with Gasteiger partial charge in [0.15, 0.2) is 0 Å². The van der Waals surface area contributed by atoms with Crippen molar-refractivity contribution in [1.82, 2.24) is 20.4 Å². The van der Waals surface area contributed by atoms with E-state index in [9.17, 15) is 4.79 Å². The molecule has 6 nitrogen and oxygen atoms in total. The van der Waals surface area contributed by atoms with E-state index in [0.717, 1.165) is 38.2 Å². The topological polar surface area (TPSA) is 71.0 Å². The summed E-state index contributed by atoms with van der Waals surface area (Å²) in [5, 5.41) is 14.0. The molecule has 1 aromatic rings. The monoisotopic (exact) mass is 277 g/mol. The Labute approximate surface area is 119 Å². The zero-order chi connectivity index (χ0) is 13.8. The van der Waals surface area contributed by atoms with Crippen LogP contribution in [-0.2, 0) is 11.3 Å². The average molecular weight is 277 g/mol. The van der Waals surface area contributed by atoms with Gasteiger partial charge in [-0.3, -0.25) is 9.48 Å². The Hall–Kier alpha value is -1.56. The van der Waals surface area contributed by atoms with E-state index in [-0.39, 0.29) is 5.91 Å². The molecule has 2 aliphatic rings. The summed E-state index contributed by atoms with van der Waals surface area (Å²) in [6.07, 6.45) is 8.47. The molecule has 3 rings (SSSR count). The van der Waals surface area contributed by atoms with Gasteiger partial charge in [-0.15, -0.1) is 0 Å². The van der Waals surface area contributed by atoms with Gasteiger partial charge in [-0.25, -0.2) is 0 Å². The summed E-state index contributed by atoms with van der Waals surface area (Å²) in [7, 11) is 0. The molecule has 2 fully saturated rings. The third kappa shape index (κ3) is 3.96. The fourth-order valence-corrected chi connectivity index (χ4v) is 2.55. The van der Waals surface area contributed by atoms with Crippen molar-refractivity contribution in [3.8, 4) is 0 Å². The van der Waals surface area contributed by atoms with Crippen LogP contribution in [0.15, 0.2) is 12.4 Å². The summed E-state index contributed by atoms with van der Waals surface area (Å²) >= 11 is 0. The molecule has 1 aromatic heterocycles. The quantitative estimate of drug-likeness (QED) is 0.711. The van der Waals surface area contributed by atoms with E-state index >= 15 is 0 Å². The smallest absolute Gasteiger partial charge is 0.241 e. The van der Waals surface area contributed by atoms with Crippen LogP contribution >= 0.6 is 0 Å². The highest BCUT2D eigenvalue weighted by molar-refractivity contribution is 5.76. The van der Waals surface area contributed by atoms with Gasteiger partial charge in [0.2, 0.25) is 5.91 Å². The highest BCUT2D eigenvalue weighted by Gasteiger charge is 2.23. The summed E-state index contributed by atoms with van der Waals surface area (Å²) in [5.41, 5.74) is 0.995. The van der Waals surface area contributed by atoms with E-state index in [1.807, 2.05) is 6.20 Å². The first-order valence-corrected chi connectivity index (χ1v) is 7.56. The van der Waals surface area contributed by atoms with Crippen LogP contribution in [0.1, 0.15) is 25.7 Å². The largest absolute Gasteiger partial charge is 0.382 e. The number of nitrogens with one attached hydrogen (secondary N) is 3. The zero-order valence-electron chi connectivity index (χ0n) is 11.8. The summed E-state index contributed by atoms with van der Waals surface area (Å²) in [6.45, 7) is 3.51. The Morgan fingerprint density at radius 2 is 2.35 bits per heavy atom. The molecule has 0 bridgehead atoms. The standard InChI is InChI=1S/C14H23N5O/c20-14(18-12-3-4-12)10-19-9-13(8-17-19)16-7-11-2-1-5-15-6-11/h8-9,11-12,15-16H,1-7,10H2,(H,18,20). The van der Waals surface area contributed by atoms with Gasteiger partial charge in [0.1, 0.15) is 6.54 Å². The lowest BCUT2D eigenvalue weighted by molar-refractivity contribution is -0.122. The maximum Gasteiger partial charge on any atom is 0.241 e. The summed E-state index contributed by atoms with van der Waals surface area (Å²) in [6, 6.07) is 0.412. The van der Waals surface area contributed by atoms with E-state index < -0.39 is 0 Å². The number of rotatable bonds is 6. The Bertz CT molecular complexity index is 448. The van der Waals surface area contributed by atoms with Gasteiger partial charge in [0.25, 0.3) is 0 Å². The molecule has 110 valence electrons. The lowest BCUT2D eigenvalue weighted by Gasteiger charge is -2.22. The Morgan fingerprint density at radius 1 is 1.45 bits per heavy atom. The Morgan fingerprint density at radius 3 is 3.10 bits per heavy atom. The molecular weight excluding hydrogens is 254 g/mol. The predicted molar refractivity (Wildman–Crippen MR) is 77.5 cm³/mol. The number of amides is 1. The van der Waals surface area contributed by atoms with Gasteiger partial charge in [-0.1, -0.05) is 0 Å². The minimum Gasteiger partial charge on any atom is -0.382 e. The van der Waals surface area contributed by atoms with E-state index in [0.29, 0.717) is 18.5 Å². The van der Waals surface area contributed by atoms with Gasteiger partial charge >= 0.3 is 0 Å². The highest BCUT2D eigenvalue weighted by atomic mass is 16.2. The number of carbonyl (C=O) groups is 1. The minimum atomic E-state index is 0.0543. The first-order valence-electron chi connectivity index (χ1n) is 7.56.